The number of amides is 1. The van der Waals surface area contributed by atoms with Crippen LogP contribution in [0.5, 0.6) is 0 Å². The molecule has 3 atom stereocenters. The first kappa shape index (κ1) is 18.8. The Morgan fingerprint density at radius 3 is 2.11 bits per heavy atom. The lowest BCUT2D eigenvalue weighted by molar-refractivity contribution is -0.132. The molecule has 138 valence electrons. The highest BCUT2D eigenvalue weighted by atomic mass is 16.2. The average Bonchev–Trinajstić information content (AvgIpc) is 3.36. The van der Waals surface area contributed by atoms with Crippen LogP contribution in [0, 0.1) is 28.1 Å². The normalized spacial score (nSPS) is 23.9. The number of rotatable bonds is 5. The van der Waals surface area contributed by atoms with Crippen LogP contribution in [-0.4, -0.2) is 11.7 Å². The van der Waals surface area contributed by atoms with Gasteiger partial charge in [0.15, 0.2) is 5.41 Å². The Morgan fingerprint density at radius 1 is 1.04 bits per heavy atom. The van der Waals surface area contributed by atoms with E-state index in [1.54, 1.807) is 0 Å². The Kier molecular flexibility index (Phi) is 4.89. The predicted octanol–water partition coefficient (Wildman–Crippen LogP) is 3.84. The van der Waals surface area contributed by atoms with Crippen molar-refractivity contribution in [1.29, 1.82) is 5.26 Å². The van der Waals surface area contributed by atoms with Gasteiger partial charge in [0.1, 0.15) is 5.78 Å². The summed E-state index contributed by atoms with van der Waals surface area (Å²) in [7, 11) is 0. The molecular weight excluding hydrogens is 336 g/mol. The van der Waals surface area contributed by atoms with Crippen LogP contribution in [0.2, 0.25) is 0 Å². The second kappa shape index (κ2) is 7.00. The molecule has 1 N–H and O–H groups in total. The van der Waals surface area contributed by atoms with E-state index in [1.165, 1.54) is 0 Å². The molecule has 1 fully saturated rings. The van der Waals surface area contributed by atoms with Gasteiger partial charge in [-0.3, -0.25) is 9.59 Å². The molecule has 0 heterocycles. The van der Waals surface area contributed by atoms with Crippen molar-refractivity contribution in [2.45, 2.75) is 33.2 Å². The minimum Gasteiger partial charge on any atom is -0.351 e. The van der Waals surface area contributed by atoms with Crippen molar-refractivity contribution in [3.8, 4) is 6.07 Å². The number of nitrogens with one attached hydrogen (secondary N) is 1. The Hall–Kier alpha value is -2.93. The molecule has 1 amide bonds. The molecule has 3 unspecified atom stereocenters. The van der Waals surface area contributed by atoms with E-state index >= 15 is 0 Å². The van der Waals surface area contributed by atoms with E-state index < -0.39 is 22.7 Å². The number of carbonyl (C=O) groups is 2. The molecule has 27 heavy (non-hydrogen) atoms. The van der Waals surface area contributed by atoms with E-state index in [0.29, 0.717) is 6.54 Å². The zero-order chi connectivity index (χ0) is 19.7. The molecule has 0 radical (unpaired) electrons. The van der Waals surface area contributed by atoms with E-state index in [0.717, 1.165) is 11.1 Å². The van der Waals surface area contributed by atoms with Gasteiger partial charge in [0.25, 0.3) is 0 Å². The van der Waals surface area contributed by atoms with Crippen molar-refractivity contribution in [3.05, 3.63) is 71.8 Å². The van der Waals surface area contributed by atoms with Crippen molar-refractivity contribution < 1.29 is 9.59 Å². The second-order valence-corrected chi connectivity index (χ2v) is 8.13. The van der Waals surface area contributed by atoms with E-state index in [2.05, 4.69) is 11.4 Å². The topological polar surface area (TPSA) is 70.0 Å². The van der Waals surface area contributed by atoms with E-state index in [-0.39, 0.29) is 11.7 Å². The highest BCUT2D eigenvalue weighted by Crippen LogP contribution is 2.66. The highest BCUT2D eigenvalue weighted by Gasteiger charge is 2.74. The third-order valence-corrected chi connectivity index (χ3v) is 5.24. The molecule has 3 rings (SSSR count). The van der Waals surface area contributed by atoms with Gasteiger partial charge < -0.3 is 5.32 Å². The predicted molar refractivity (Wildman–Crippen MR) is 103 cm³/mol. The van der Waals surface area contributed by atoms with E-state index in [4.69, 9.17) is 0 Å². The van der Waals surface area contributed by atoms with Crippen LogP contribution in [0.3, 0.4) is 0 Å². The first-order valence-corrected chi connectivity index (χ1v) is 9.15. The summed E-state index contributed by atoms with van der Waals surface area (Å²) in [5.74, 6) is -1.45. The fourth-order valence-electron chi connectivity index (χ4n) is 3.73. The number of nitrogens with zero attached hydrogens (tertiary/aromatic N) is 1. The maximum absolute atomic E-state index is 13.1. The van der Waals surface area contributed by atoms with Gasteiger partial charge in [0.05, 0.1) is 12.0 Å². The molecule has 0 spiro atoms. The Labute approximate surface area is 160 Å². The van der Waals surface area contributed by atoms with Gasteiger partial charge in [-0.2, -0.15) is 5.26 Å². The lowest BCUT2D eigenvalue weighted by atomic mass is 9.85. The fourth-order valence-corrected chi connectivity index (χ4v) is 3.73. The molecule has 0 aromatic heterocycles. The van der Waals surface area contributed by atoms with Crippen LogP contribution >= 0.6 is 0 Å². The SMILES string of the molecule is CC(C)(C)C(=O)C1C(c2ccccc2)C1(C#N)C(=O)NCc1ccccc1. The molecule has 4 heteroatoms. The number of carbonyl (C=O) groups excluding carboxylic acids is 2. The van der Waals surface area contributed by atoms with Crippen LogP contribution in [-0.2, 0) is 16.1 Å². The summed E-state index contributed by atoms with van der Waals surface area (Å²) in [6.07, 6.45) is 0. The van der Waals surface area contributed by atoms with Crippen molar-refractivity contribution in [1.82, 2.24) is 5.32 Å². The zero-order valence-corrected chi connectivity index (χ0v) is 15.9. The van der Waals surface area contributed by atoms with E-state index in [1.807, 2.05) is 81.4 Å². The first-order chi connectivity index (χ1) is 12.8. The Balaban J connectivity index is 1.91. The smallest absolute Gasteiger partial charge is 0.242 e. The van der Waals surface area contributed by atoms with Crippen LogP contribution in [0.1, 0.15) is 37.8 Å². The lowest BCUT2D eigenvalue weighted by Gasteiger charge is -2.17. The molecular formula is C23H24N2O2. The third kappa shape index (κ3) is 3.38. The molecule has 1 aliphatic carbocycles. The van der Waals surface area contributed by atoms with Crippen LogP contribution in [0.25, 0.3) is 0 Å². The van der Waals surface area contributed by atoms with Crippen molar-refractivity contribution >= 4 is 11.7 Å². The summed E-state index contributed by atoms with van der Waals surface area (Å²) in [5, 5.41) is 12.9. The summed E-state index contributed by atoms with van der Waals surface area (Å²) in [6.45, 7) is 5.83. The summed E-state index contributed by atoms with van der Waals surface area (Å²) >= 11 is 0. The monoisotopic (exact) mass is 360 g/mol. The van der Waals surface area contributed by atoms with Gasteiger partial charge in [0.2, 0.25) is 5.91 Å². The first-order valence-electron chi connectivity index (χ1n) is 9.15. The third-order valence-electron chi connectivity index (χ3n) is 5.24. The zero-order valence-electron chi connectivity index (χ0n) is 15.9. The van der Waals surface area contributed by atoms with Crippen molar-refractivity contribution in [2.24, 2.45) is 16.7 Å². The summed E-state index contributed by atoms with van der Waals surface area (Å²) in [5.41, 5.74) is -0.151. The standard InChI is InChI=1S/C23H24N2O2/c1-22(2,3)20(26)19-18(17-12-8-5-9-13-17)23(19,15-24)21(27)25-14-16-10-6-4-7-11-16/h4-13,18-19H,14H2,1-3H3,(H,25,27). The van der Waals surface area contributed by atoms with Gasteiger partial charge >= 0.3 is 0 Å². The summed E-state index contributed by atoms with van der Waals surface area (Å²) < 4.78 is 0. The minimum absolute atomic E-state index is 0.0484. The largest absolute Gasteiger partial charge is 0.351 e. The number of hydrogen-bond donors (Lipinski definition) is 1. The summed E-state index contributed by atoms with van der Waals surface area (Å²) in [4.78, 5) is 26.1. The molecule has 0 bridgehead atoms. The Morgan fingerprint density at radius 2 is 1.59 bits per heavy atom. The lowest BCUT2D eigenvalue weighted by Crippen LogP contribution is -2.35. The number of benzene rings is 2. The van der Waals surface area contributed by atoms with Crippen molar-refractivity contribution in [3.63, 3.8) is 0 Å². The van der Waals surface area contributed by atoms with Crippen molar-refractivity contribution in [2.75, 3.05) is 0 Å². The average molecular weight is 360 g/mol. The summed E-state index contributed by atoms with van der Waals surface area (Å²) in [6, 6.07) is 21.1. The molecule has 2 aromatic rings. The number of Topliss-reactive ketones (excluding diaryl/α,β-unsaturated/α-hetero) is 1. The molecule has 1 saturated carbocycles. The minimum atomic E-state index is -1.35. The fraction of sp³-hybridized carbons (Fsp3) is 0.348. The second-order valence-electron chi connectivity index (χ2n) is 8.13. The molecule has 0 saturated heterocycles. The van der Waals surface area contributed by atoms with Crippen LogP contribution in [0.4, 0.5) is 0 Å². The van der Waals surface area contributed by atoms with Crippen LogP contribution < -0.4 is 5.32 Å². The van der Waals surface area contributed by atoms with Gasteiger partial charge in [-0.1, -0.05) is 81.4 Å². The number of ketones is 1. The molecule has 0 aliphatic heterocycles. The van der Waals surface area contributed by atoms with Gasteiger partial charge in [0, 0.05) is 17.9 Å². The number of hydrogen-bond acceptors (Lipinski definition) is 3. The van der Waals surface area contributed by atoms with E-state index in [9.17, 15) is 14.9 Å². The maximum Gasteiger partial charge on any atom is 0.242 e. The van der Waals surface area contributed by atoms with Gasteiger partial charge in [-0.25, -0.2) is 0 Å². The molecule has 2 aromatic carbocycles. The molecule has 4 nitrogen and oxygen atoms in total. The van der Waals surface area contributed by atoms with Crippen LogP contribution in [0.15, 0.2) is 60.7 Å². The maximum atomic E-state index is 13.1. The van der Waals surface area contributed by atoms with Gasteiger partial charge in [-0.15, -0.1) is 0 Å². The number of nitriles is 1. The van der Waals surface area contributed by atoms with Gasteiger partial charge in [-0.05, 0) is 11.1 Å². The molecule has 1 aliphatic rings. The Bertz CT molecular complexity index is 878. The highest BCUT2D eigenvalue weighted by molar-refractivity contribution is 6.03. The quantitative estimate of drug-likeness (QED) is 0.881.